The molecule has 0 amide bonds. The van der Waals surface area contributed by atoms with Crippen molar-refractivity contribution < 1.29 is 87.5 Å². The van der Waals surface area contributed by atoms with Gasteiger partial charge in [0.1, 0.15) is 5.76 Å². The van der Waals surface area contributed by atoms with Crippen molar-refractivity contribution in [3.63, 3.8) is 0 Å². The number of aliphatic carboxylic acids is 3. The van der Waals surface area contributed by atoms with Crippen LogP contribution in [0.25, 0.3) is 0 Å². The van der Waals surface area contributed by atoms with E-state index < -0.39 is 103 Å². The Balaban J connectivity index is 1.37. The highest BCUT2D eigenvalue weighted by molar-refractivity contribution is 5.89. The van der Waals surface area contributed by atoms with Crippen LogP contribution in [0.4, 0.5) is 0 Å². The van der Waals surface area contributed by atoms with E-state index >= 15 is 0 Å². The van der Waals surface area contributed by atoms with Crippen molar-refractivity contribution in [2.75, 3.05) is 20.7 Å². The molecule has 0 aromatic heterocycles. The van der Waals surface area contributed by atoms with Crippen LogP contribution in [0, 0.1) is 0 Å². The number of nitrogens with zero attached hydrogens (tertiary/aromatic N) is 1. The molecule has 4 unspecified atom stereocenters. The Morgan fingerprint density at radius 2 is 1.65 bits per heavy atom. The van der Waals surface area contributed by atoms with Gasteiger partial charge in [0.2, 0.25) is 12.2 Å². The maximum absolute atomic E-state index is 13.5. The fraction of sp³-hybridized carbons (Fsp3) is 0.545. The summed E-state index contributed by atoms with van der Waals surface area (Å²) in [5, 5.41) is 48.9. The van der Waals surface area contributed by atoms with Gasteiger partial charge in [0, 0.05) is 18.0 Å². The largest absolute Gasteiger partial charge is 0.493 e. The third-order valence-electron chi connectivity index (χ3n) is 9.84. The van der Waals surface area contributed by atoms with Crippen molar-refractivity contribution in [1.82, 2.24) is 4.90 Å². The van der Waals surface area contributed by atoms with Gasteiger partial charge in [0.15, 0.2) is 29.8 Å². The molecular formula is C33H37NO18. The zero-order valence-corrected chi connectivity index (χ0v) is 28.1. The maximum Gasteiger partial charge on any atom is 0.348 e. The van der Waals surface area contributed by atoms with E-state index in [9.17, 15) is 43.8 Å². The highest BCUT2D eigenvalue weighted by Gasteiger charge is 2.72. The van der Waals surface area contributed by atoms with Crippen LogP contribution in [-0.4, -0.2) is 135 Å². The fourth-order valence-electron chi connectivity index (χ4n) is 7.41. The Morgan fingerprint density at radius 3 is 2.29 bits per heavy atom. The fourth-order valence-corrected chi connectivity index (χ4v) is 7.41. The number of likely N-dealkylation sites (tertiary alicyclic amines) is 1. The zero-order valence-electron chi connectivity index (χ0n) is 28.1. The van der Waals surface area contributed by atoms with Gasteiger partial charge in [-0.25, -0.2) is 19.2 Å². The molecule has 19 heteroatoms. The van der Waals surface area contributed by atoms with E-state index in [2.05, 4.69) is 9.64 Å². The van der Waals surface area contributed by atoms with E-state index in [1.165, 1.54) is 13.2 Å². The van der Waals surface area contributed by atoms with Crippen molar-refractivity contribution in [3.05, 3.63) is 35.1 Å². The van der Waals surface area contributed by atoms with Crippen molar-refractivity contribution in [1.29, 1.82) is 0 Å². The molecule has 0 radical (unpaired) electrons. The molecule has 5 rings (SSSR count). The first-order valence-corrected chi connectivity index (χ1v) is 16.1. The van der Waals surface area contributed by atoms with Gasteiger partial charge in [-0.1, -0.05) is 6.07 Å². The minimum Gasteiger partial charge on any atom is -0.493 e. The van der Waals surface area contributed by atoms with Gasteiger partial charge in [-0.15, -0.1) is 0 Å². The minimum atomic E-state index is -2.24. The molecule has 2 aliphatic heterocycles. The van der Waals surface area contributed by atoms with Gasteiger partial charge in [-0.3, -0.25) is 14.4 Å². The zero-order chi connectivity index (χ0) is 38.3. The van der Waals surface area contributed by atoms with E-state index in [0.29, 0.717) is 30.9 Å². The molecule has 1 saturated heterocycles. The van der Waals surface area contributed by atoms with Crippen LogP contribution in [0.3, 0.4) is 0 Å². The summed E-state index contributed by atoms with van der Waals surface area (Å²) in [7, 11) is 3.37. The van der Waals surface area contributed by atoms with Crippen LogP contribution in [0.2, 0.25) is 0 Å². The smallest absolute Gasteiger partial charge is 0.348 e. The molecule has 52 heavy (non-hydrogen) atoms. The molecule has 1 spiro atoms. The summed E-state index contributed by atoms with van der Waals surface area (Å²) in [6, 6.07) is 3.34. The number of hydrogen-bond donors (Lipinski definition) is 5. The Kier molecular flexibility index (Phi) is 10.5. The lowest BCUT2D eigenvalue weighted by molar-refractivity contribution is -0.185. The van der Waals surface area contributed by atoms with Crippen molar-refractivity contribution in [2.45, 2.75) is 93.0 Å². The summed E-state index contributed by atoms with van der Waals surface area (Å²) in [5.41, 5.74) is -0.733. The molecule has 2 bridgehead atoms. The lowest BCUT2D eigenvalue weighted by atomic mass is 9.50. The molecule has 0 saturated carbocycles. The van der Waals surface area contributed by atoms with Crippen molar-refractivity contribution in [2.24, 2.45) is 0 Å². The van der Waals surface area contributed by atoms with Gasteiger partial charge in [0.05, 0.1) is 37.4 Å². The summed E-state index contributed by atoms with van der Waals surface area (Å²) >= 11 is 0. The second-order valence-electron chi connectivity index (χ2n) is 12.9. The molecule has 2 heterocycles. The highest BCUT2D eigenvalue weighted by Crippen LogP contribution is 2.65. The Hall–Kier alpha value is -5.27. The average Bonchev–Trinajstić information content (AvgIpc) is 3.42. The topological polar surface area (TPSA) is 279 Å². The number of aliphatic hydroxyl groups is 2. The quantitative estimate of drug-likeness (QED) is 0.107. The monoisotopic (exact) mass is 735 g/mol. The van der Waals surface area contributed by atoms with Gasteiger partial charge in [-0.05, 0) is 51.1 Å². The number of rotatable bonds is 15. The maximum atomic E-state index is 13.5. The first-order chi connectivity index (χ1) is 24.4. The van der Waals surface area contributed by atoms with E-state index in [1.807, 2.05) is 13.1 Å². The summed E-state index contributed by atoms with van der Waals surface area (Å²) < 4.78 is 32.2. The van der Waals surface area contributed by atoms with Crippen LogP contribution in [-0.2, 0) is 64.3 Å². The van der Waals surface area contributed by atoms with Crippen LogP contribution >= 0.6 is 0 Å². The number of esters is 4. The molecule has 1 aromatic rings. The number of carboxylic acids is 3. The first-order valence-electron chi connectivity index (χ1n) is 16.1. The minimum absolute atomic E-state index is 0.0149. The standard InChI is InChI=1S/C33H37NO18/c1-14(30(44)51-19(29(42)43)12-22(36)37)48-31(45)20(50-23(38)11-16(35)28(40)41)13-24(39)49-18-6-7-33(46)21-10-15-4-5-17(47-3)26-25(15)32(33,27(18)52-26)8-9-34(21)2/h4-6,14,16,19-21,27,35,46H,7-13H2,1-3H3,(H,36,37)(H,40,41)(H,42,43)/t14?,16?,19?,20?,21-,27+,32+,33-/m1/s1. The number of carbonyl (C=O) groups excluding carboxylic acids is 4. The summed E-state index contributed by atoms with van der Waals surface area (Å²) in [6.45, 7) is 1.50. The van der Waals surface area contributed by atoms with Gasteiger partial charge >= 0.3 is 41.8 Å². The molecule has 5 N–H and O–H groups in total. The highest BCUT2D eigenvalue weighted by atomic mass is 16.6. The Labute approximate surface area is 294 Å². The number of carboxylic acid groups (broad SMARTS) is 3. The van der Waals surface area contributed by atoms with E-state index in [1.54, 1.807) is 6.07 Å². The lowest BCUT2D eigenvalue weighted by Crippen LogP contribution is -2.74. The van der Waals surface area contributed by atoms with Crippen LogP contribution in [0.1, 0.15) is 50.2 Å². The van der Waals surface area contributed by atoms with Gasteiger partial charge in [0.25, 0.3) is 0 Å². The van der Waals surface area contributed by atoms with Crippen LogP contribution < -0.4 is 9.47 Å². The first kappa shape index (κ1) is 38.0. The van der Waals surface area contributed by atoms with Gasteiger partial charge < -0.3 is 58.9 Å². The number of ether oxygens (including phenoxy) is 6. The SMILES string of the molecule is COc1ccc2c3c1O[C@H]1C(OC(=O)CC(OC(=O)CC(O)C(=O)O)C(=O)OC(C)C(=O)OC(CC(=O)O)C(=O)O)=CC[C@@]4(O)[C@@H](C2)N(C)CC[C@]314. The third-order valence-corrected chi connectivity index (χ3v) is 9.84. The number of piperidine rings is 1. The molecule has 2 aliphatic carbocycles. The predicted molar refractivity (Wildman–Crippen MR) is 166 cm³/mol. The van der Waals surface area contributed by atoms with Crippen molar-refractivity contribution in [3.8, 4) is 11.5 Å². The third kappa shape index (κ3) is 6.73. The lowest BCUT2D eigenvalue weighted by Gasteiger charge is -2.61. The van der Waals surface area contributed by atoms with Gasteiger partial charge in [-0.2, -0.15) is 0 Å². The van der Waals surface area contributed by atoms with E-state index in [4.69, 9.17) is 39.0 Å². The second kappa shape index (κ2) is 14.4. The molecule has 1 aromatic carbocycles. The second-order valence-corrected chi connectivity index (χ2v) is 12.9. The summed E-state index contributed by atoms with van der Waals surface area (Å²) in [6.07, 6.45) is -10.4. The van der Waals surface area contributed by atoms with Crippen LogP contribution in [0.5, 0.6) is 11.5 Å². The average molecular weight is 736 g/mol. The van der Waals surface area contributed by atoms with E-state index in [0.717, 1.165) is 18.1 Å². The molecule has 1 fully saturated rings. The normalized spacial score (nSPS) is 26.1. The number of hydrogen-bond acceptors (Lipinski definition) is 16. The van der Waals surface area contributed by atoms with Crippen molar-refractivity contribution >= 4 is 41.8 Å². The number of aliphatic hydroxyl groups excluding tert-OH is 1. The summed E-state index contributed by atoms with van der Waals surface area (Å²) in [4.78, 5) is 86.9. The Morgan fingerprint density at radius 1 is 0.942 bits per heavy atom. The number of benzene rings is 1. The van der Waals surface area contributed by atoms with Crippen LogP contribution in [0.15, 0.2) is 24.0 Å². The van der Waals surface area contributed by atoms with E-state index in [-0.39, 0.29) is 18.2 Å². The number of carbonyl (C=O) groups is 7. The molecule has 19 nitrogen and oxygen atoms in total. The molecular weight excluding hydrogens is 698 g/mol. The molecule has 282 valence electrons. The Bertz CT molecular complexity index is 1720. The summed E-state index contributed by atoms with van der Waals surface area (Å²) in [5.74, 6) is -10.1. The number of likely N-dealkylation sites (N-methyl/N-ethyl adjacent to an activating group) is 1. The molecule has 4 aliphatic rings. The molecule has 8 atom stereocenters. The predicted octanol–water partition coefficient (Wildman–Crippen LogP) is -0.944. The number of methoxy groups -OCH3 is 1.